The first kappa shape index (κ1) is 12.0. The van der Waals surface area contributed by atoms with Crippen LogP contribution in [0.1, 0.15) is 5.56 Å². The molecule has 0 aliphatic heterocycles. The van der Waals surface area contributed by atoms with E-state index in [1.54, 1.807) is 6.33 Å². The molecule has 0 fully saturated rings. The topological polar surface area (TPSA) is 33.6 Å². The second kappa shape index (κ2) is 4.94. The van der Waals surface area contributed by atoms with Gasteiger partial charge in [0.15, 0.2) is 0 Å². The minimum Gasteiger partial charge on any atom is -0.345 e. The predicted molar refractivity (Wildman–Crippen MR) is 83.9 cm³/mol. The maximum Gasteiger partial charge on any atom is 0.0931 e. The highest BCUT2D eigenvalue weighted by Gasteiger charge is 2.05. The monoisotopic (exact) mass is 272 g/mol. The van der Waals surface area contributed by atoms with Crippen molar-refractivity contribution >= 4 is 11.0 Å². The molecule has 2 aromatic heterocycles. The number of aromatic nitrogens is 3. The number of H-pyrrole nitrogens is 1. The molecule has 101 valence electrons. The van der Waals surface area contributed by atoms with E-state index in [2.05, 4.69) is 63.1 Å². The van der Waals surface area contributed by atoms with Crippen LogP contribution >= 0.6 is 0 Å². The van der Waals surface area contributed by atoms with Crippen LogP contribution in [0, 0.1) is 6.07 Å². The summed E-state index contributed by atoms with van der Waals surface area (Å²) in [4.78, 5) is 7.44. The second-order valence-corrected chi connectivity index (χ2v) is 5.07. The Balaban J connectivity index is 1.70. The Hall–Kier alpha value is -2.81. The van der Waals surface area contributed by atoms with Gasteiger partial charge in [0.1, 0.15) is 0 Å². The first-order valence-electron chi connectivity index (χ1n) is 6.94. The highest BCUT2D eigenvalue weighted by atomic mass is 15.0. The number of nitrogens with zero attached hydrogens (tertiary/aromatic N) is 2. The molecule has 2 aromatic carbocycles. The average Bonchev–Trinajstić information content (AvgIpc) is 3.16. The largest absolute Gasteiger partial charge is 0.345 e. The molecule has 1 N–H and O–H groups in total. The maximum atomic E-state index is 4.32. The summed E-state index contributed by atoms with van der Waals surface area (Å²) >= 11 is 0. The molecule has 2 heterocycles. The zero-order valence-electron chi connectivity index (χ0n) is 11.5. The van der Waals surface area contributed by atoms with Crippen molar-refractivity contribution in [1.29, 1.82) is 0 Å². The summed E-state index contributed by atoms with van der Waals surface area (Å²) < 4.78 is 2.21. The molecule has 1 radical (unpaired) electrons. The van der Waals surface area contributed by atoms with Crippen LogP contribution in [-0.2, 0) is 6.54 Å². The van der Waals surface area contributed by atoms with Crippen molar-refractivity contribution in [2.24, 2.45) is 0 Å². The normalized spacial score (nSPS) is 11.0. The quantitative estimate of drug-likeness (QED) is 0.603. The van der Waals surface area contributed by atoms with E-state index < -0.39 is 0 Å². The highest BCUT2D eigenvalue weighted by molar-refractivity contribution is 5.75. The van der Waals surface area contributed by atoms with Gasteiger partial charge in [-0.15, -0.1) is 0 Å². The number of benzene rings is 2. The van der Waals surface area contributed by atoms with E-state index in [9.17, 15) is 0 Å². The van der Waals surface area contributed by atoms with E-state index in [-0.39, 0.29) is 0 Å². The van der Waals surface area contributed by atoms with Gasteiger partial charge in [0.25, 0.3) is 0 Å². The average molecular weight is 272 g/mol. The van der Waals surface area contributed by atoms with E-state index in [0.717, 1.165) is 17.6 Å². The van der Waals surface area contributed by atoms with Crippen LogP contribution in [0.4, 0.5) is 0 Å². The van der Waals surface area contributed by atoms with E-state index >= 15 is 0 Å². The van der Waals surface area contributed by atoms with Gasteiger partial charge in [0, 0.05) is 24.5 Å². The lowest BCUT2D eigenvalue weighted by molar-refractivity contribution is 0.815. The molecule has 0 amide bonds. The molecule has 0 saturated heterocycles. The number of rotatable bonds is 3. The van der Waals surface area contributed by atoms with Crippen molar-refractivity contribution in [3.63, 3.8) is 0 Å². The van der Waals surface area contributed by atoms with Gasteiger partial charge >= 0.3 is 0 Å². The maximum absolute atomic E-state index is 4.32. The van der Waals surface area contributed by atoms with Crippen molar-refractivity contribution in [2.45, 2.75) is 6.54 Å². The lowest BCUT2D eigenvalue weighted by atomic mass is 10.1. The minimum absolute atomic E-state index is 0.816. The summed E-state index contributed by atoms with van der Waals surface area (Å²) in [6, 6.07) is 21.9. The van der Waals surface area contributed by atoms with Gasteiger partial charge in [-0.1, -0.05) is 36.4 Å². The molecular weight excluding hydrogens is 258 g/mol. The zero-order valence-corrected chi connectivity index (χ0v) is 11.5. The van der Waals surface area contributed by atoms with E-state index in [0.29, 0.717) is 0 Å². The van der Waals surface area contributed by atoms with Gasteiger partial charge in [-0.3, -0.25) is 0 Å². The van der Waals surface area contributed by atoms with Crippen LogP contribution in [-0.4, -0.2) is 14.5 Å². The SMILES string of the molecule is [c]1cc(-c2ccccc2)n(Cc2ccc3[nH]cnc3c2)c1. The molecule has 4 rings (SSSR count). The van der Waals surface area contributed by atoms with Crippen molar-refractivity contribution in [2.75, 3.05) is 0 Å². The van der Waals surface area contributed by atoms with Crippen LogP contribution in [0.25, 0.3) is 22.3 Å². The molecule has 3 nitrogen and oxygen atoms in total. The first-order chi connectivity index (χ1) is 10.4. The molecular formula is C18H14N3. The number of imidazole rings is 1. The fourth-order valence-corrected chi connectivity index (χ4v) is 2.62. The molecule has 0 bridgehead atoms. The third kappa shape index (κ3) is 2.23. The molecule has 4 aromatic rings. The number of nitrogens with one attached hydrogen (secondary N) is 1. The van der Waals surface area contributed by atoms with Gasteiger partial charge in [-0.25, -0.2) is 4.98 Å². The Morgan fingerprint density at radius 3 is 2.90 bits per heavy atom. The molecule has 0 saturated carbocycles. The first-order valence-corrected chi connectivity index (χ1v) is 6.94. The summed E-state index contributed by atoms with van der Waals surface area (Å²) in [5, 5.41) is 0. The molecule has 21 heavy (non-hydrogen) atoms. The summed E-state index contributed by atoms with van der Waals surface area (Å²) in [6.07, 6.45) is 3.73. The number of hydrogen-bond acceptors (Lipinski definition) is 1. The van der Waals surface area contributed by atoms with E-state index in [1.807, 2.05) is 18.3 Å². The van der Waals surface area contributed by atoms with Crippen LogP contribution in [0.2, 0.25) is 0 Å². The zero-order chi connectivity index (χ0) is 14.1. The molecule has 0 spiro atoms. The highest BCUT2D eigenvalue weighted by Crippen LogP contribution is 2.21. The summed E-state index contributed by atoms with van der Waals surface area (Å²) in [6.45, 7) is 0.816. The Morgan fingerprint density at radius 2 is 2.00 bits per heavy atom. The van der Waals surface area contributed by atoms with Gasteiger partial charge in [0.05, 0.1) is 17.4 Å². The smallest absolute Gasteiger partial charge is 0.0931 e. The van der Waals surface area contributed by atoms with Crippen LogP contribution in [0.15, 0.2) is 67.1 Å². The number of aromatic amines is 1. The number of hydrogen-bond donors (Lipinski definition) is 1. The summed E-state index contributed by atoms with van der Waals surface area (Å²) in [7, 11) is 0. The number of fused-ring (bicyclic) bond motifs is 1. The standard InChI is InChI=1S/C18H14N3/c1-2-5-15(6-3-1)18-7-4-10-21(18)12-14-8-9-16-17(11-14)20-13-19-16/h1-3,5-11,13H,12H2,(H,19,20). The van der Waals surface area contributed by atoms with Crippen LogP contribution in [0.5, 0.6) is 0 Å². The summed E-state index contributed by atoms with van der Waals surface area (Å²) in [5.74, 6) is 0. The van der Waals surface area contributed by atoms with Gasteiger partial charge in [0.2, 0.25) is 0 Å². The summed E-state index contributed by atoms with van der Waals surface area (Å²) in [5.41, 5.74) is 5.69. The fourth-order valence-electron chi connectivity index (χ4n) is 2.62. The van der Waals surface area contributed by atoms with E-state index in [4.69, 9.17) is 0 Å². The van der Waals surface area contributed by atoms with Crippen molar-refractivity contribution in [3.05, 3.63) is 78.8 Å². The lowest BCUT2D eigenvalue weighted by Crippen LogP contribution is -2.00. The Bertz CT molecular complexity index is 872. The van der Waals surface area contributed by atoms with Gasteiger partial charge < -0.3 is 9.55 Å². The molecule has 0 aliphatic carbocycles. The lowest BCUT2D eigenvalue weighted by Gasteiger charge is -2.09. The van der Waals surface area contributed by atoms with Crippen molar-refractivity contribution < 1.29 is 0 Å². The third-order valence-corrected chi connectivity index (χ3v) is 3.67. The van der Waals surface area contributed by atoms with Crippen LogP contribution < -0.4 is 0 Å². The molecule has 3 heteroatoms. The van der Waals surface area contributed by atoms with Crippen LogP contribution in [0.3, 0.4) is 0 Å². The Labute approximate surface area is 122 Å². The minimum atomic E-state index is 0.816. The van der Waals surface area contributed by atoms with Gasteiger partial charge in [-0.05, 0) is 29.3 Å². The fraction of sp³-hybridized carbons (Fsp3) is 0.0556. The van der Waals surface area contributed by atoms with Gasteiger partial charge in [-0.2, -0.15) is 0 Å². The predicted octanol–water partition coefficient (Wildman–Crippen LogP) is 3.88. The Kier molecular flexibility index (Phi) is 2.82. The molecule has 0 aliphatic rings. The van der Waals surface area contributed by atoms with E-state index in [1.165, 1.54) is 16.8 Å². The second-order valence-electron chi connectivity index (χ2n) is 5.07. The Morgan fingerprint density at radius 1 is 1.10 bits per heavy atom. The van der Waals surface area contributed by atoms with Crippen molar-refractivity contribution in [1.82, 2.24) is 14.5 Å². The molecule has 0 unspecified atom stereocenters. The molecule has 0 atom stereocenters. The third-order valence-electron chi connectivity index (χ3n) is 3.67. The van der Waals surface area contributed by atoms with Crippen molar-refractivity contribution in [3.8, 4) is 11.3 Å².